The van der Waals surface area contributed by atoms with Crippen molar-refractivity contribution < 1.29 is 14.3 Å². The van der Waals surface area contributed by atoms with Gasteiger partial charge in [0.15, 0.2) is 0 Å². The monoisotopic (exact) mass is 348 g/mol. The van der Waals surface area contributed by atoms with Crippen molar-refractivity contribution in [2.45, 2.75) is 32.5 Å². The SMILES string of the molecule is C=CC(=O)OC(C)(C)COC(C)c1ccc2cc3ccccc3cc2c1. The summed E-state index contributed by atoms with van der Waals surface area (Å²) in [5, 5.41) is 4.86. The minimum absolute atomic E-state index is 0.104. The van der Waals surface area contributed by atoms with E-state index >= 15 is 0 Å². The predicted molar refractivity (Wildman–Crippen MR) is 106 cm³/mol. The standard InChI is InChI=1S/C23H24O3/c1-5-22(24)26-23(3,4)15-25-16(2)17-10-11-20-13-18-8-6-7-9-19(18)14-21(20)12-17/h5-14,16H,1,15H2,2-4H3. The zero-order chi connectivity index (χ0) is 18.7. The lowest BCUT2D eigenvalue weighted by Gasteiger charge is -2.26. The number of hydrogen-bond donors (Lipinski definition) is 0. The van der Waals surface area contributed by atoms with Crippen LogP contribution in [0.25, 0.3) is 21.5 Å². The van der Waals surface area contributed by atoms with E-state index in [-0.39, 0.29) is 6.10 Å². The van der Waals surface area contributed by atoms with E-state index in [1.165, 1.54) is 27.6 Å². The van der Waals surface area contributed by atoms with Gasteiger partial charge in [-0.05, 0) is 66.1 Å². The highest BCUT2D eigenvalue weighted by Crippen LogP contribution is 2.27. The summed E-state index contributed by atoms with van der Waals surface area (Å²) in [6, 6.07) is 19.1. The van der Waals surface area contributed by atoms with E-state index in [0.717, 1.165) is 5.56 Å². The van der Waals surface area contributed by atoms with Crippen molar-refractivity contribution >= 4 is 27.5 Å². The molecule has 26 heavy (non-hydrogen) atoms. The molecule has 3 aromatic carbocycles. The van der Waals surface area contributed by atoms with Crippen LogP contribution in [0.4, 0.5) is 0 Å². The summed E-state index contributed by atoms with van der Waals surface area (Å²) in [5.41, 5.74) is 0.394. The molecule has 3 nitrogen and oxygen atoms in total. The van der Waals surface area contributed by atoms with Crippen LogP contribution in [0.1, 0.15) is 32.4 Å². The Morgan fingerprint density at radius 1 is 1.04 bits per heavy atom. The third-order valence-electron chi connectivity index (χ3n) is 4.42. The van der Waals surface area contributed by atoms with E-state index in [9.17, 15) is 4.79 Å². The van der Waals surface area contributed by atoms with Crippen molar-refractivity contribution in [3.05, 3.63) is 72.8 Å². The van der Waals surface area contributed by atoms with Crippen LogP contribution in [0.2, 0.25) is 0 Å². The molecule has 0 saturated carbocycles. The van der Waals surface area contributed by atoms with Gasteiger partial charge in [-0.3, -0.25) is 0 Å². The Balaban J connectivity index is 1.77. The van der Waals surface area contributed by atoms with E-state index in [1.807, 2.05) is 20.8 Å². The predicted octanol–water partition coefficient (Wildman–Crippen LogP) is 5.58. The molecular formula is C23H24O3. The van der Waals surface area contributed by atoms with Gasteiger partial charge in [-0.2, -0.15) is 0 Å². The summed E-state index contributed by atoms with van der Waals surface area (Å²) >= 11 is 0. The van der Waals surface area contributed by atoms with Gasteiger partial charge in [0.1, 0.15) is 5.60 Å². The Bertz CT molecular complexity index is 956. The summed E-state index contributed by atoms with van der Waals surface area (Å²) in [4.78, 5) is 11.4. The normalized spacial score (nSPS) is 12.9. The molecule has 0 aliphatic rings. The molecule has 0 fully saturated rings. The molecule has 3 aromatic rings. The number of fused-ring (bicyclic) bond motifs is 2. The lowest BCUT2D eigenvalue weighted by atomic mass is 10.00. The van der Waals surface area contributed by atoms with Crippen LogP contribution in [0.15, 0.2) is 67.3 Å². The number of carbonyl (C=O) groups excluding carboxylic acids is 1. The van der Waals surface area contributed by atoms with Crippen LogP contribution in [0.5, 0.6) is 0 Å². The van der Waals surface area contributed by atoms with E-state index in [1.54, 1.807) is 0 Å². The van der Waals surface area contributed by atoms with Crippen LogP contribution in [-0.2, 0) is 14.3 Å². The van der Waals surface area contributed by atoms with Gasteiger partial charge < -0.3 is 9.47 Å². The number of rotatable bonds is 6. The maximum Gasteiger partial charge on any atom is 0.330 e. The fourth-order valence-corrected chi connectivity index (χ4v) is 2.98. The molecule has 0 spiro atoms. The third-order valence-corrected chi connectivity index (χ3v) is 4.42. The van der Waals surface area contributed by atoms with Crippen molar-refractivity contribution in [1.82, 2.24) is 0 Å². The average Bonchev–Trinajstić information content (AvgIpc) is 2.63. The minimum atomic E-state index is -0.702. The average molecular weight is 348 g/mol. The summed E-state index contributed by atoms with van der Waals surface area (Å²) in [6.45, 7) is 9.39. The van der Waals surface area contributed by atoms with Crippen LogP contribution >= 0.6 is 0 Å². The smallest absolute Gasteiger partial charge is 0.330 e. The van der Waals surface area contributed by atoms with Crippen molar-refractivity contribution in [2.24, 2.45) is 0 Å². The Hall–Kier alpha value is -2.65. The first kappa shape index (κ1) is 18.2. The molecular weight excluding hydrogens is 324 g/mol. The van der Waals surface area contributed by atoms with Gasteiger partial charge in [0.05, 0.1) is 12.7 Å². The Labute approximate surface area is 154 Å². The second kappa shape index (κ2) is 7.30. The molecule has 0 amide bonds. The number of ether oxygens (including phenoxy) is 2. The lowest BCUT2D eigenvalue weighted by Crippen LogP contribution is -2.33. The van der Waals surface area contributed by atoms with E-state index < -0.39 is 11.6 Å². The highest BCUT2D eigenvalue weighted by molar-refractivity contribution is 5.98. The van der Waals surface area contributed by atoms with Gasteiger partial charge in [-0.25, -0.2) is 4.79 Å². The van der Waals surface area contributed by atoms with E-state index in [2.05, 4.69) is 61.2 Å². The van der Waals surface area contributed by atoms with Crippen molar-refractivity contribution in [2.75, 3.05) is 6.61 Å². The van der Waals surface area contributed by atoms with Crippen molar-refractivity contribution in [1.29, 1.82) is 0 Å². The number of carbonyl (C=O) groups is 1. The zero-order valence-corrected chi connectivity index (χ0v) is 15.5. The molecule has 0 aromatic heterocycles. The van der Waals surface area contributed by atoms with Crippen LogP contribution in [0.3, 0.4) is 0 Å². The number of esters is 1. The molecule has 0 radical (unpaired) electrons. The molecule has 0 N–H and O–H groups in total. The van der Waals surface area contributed by atoms with Gasteiger partial charge in [0, 0.05) is 6.08 Å². The van der Waals surface area contributed by atoms with Crippen molar-refractivity contribution in [3.63, 3.8) is 0 Å². The Kier molecular flexibility index (Phi) is 5.10. The fourth-order valence-electron chi connectivity index (χ4n) is 2.98. The first-order valence-corrected chi connectivity index (χ1v) is 8.77. The van der Waals surface area contributed by atoms with Gasteiger partial charge >= 0.3 is 5.97 Å². The van der Waals surface area contributed by atoms with E-state index in [4.69, 9.17) is 9.47 Å². The number of hydrogen-bond acceptors (Lipinski definition) is 3. The Morgan fingerprint density at radius 3 is 2.31 bits per heavy atom. The molecule has 1 atom stereocenters. The van der Waals surface area contributed by atoms with E-state index in [0.29, 0.717) is 6.61 Å². The first-order valence-electron chi connectivity index (χ1n) is 8.77. The fraction of sp³-hybridized carbons (Fsp3) is 0.261. The summed E-state index contributed by atoms with van der Waals surface area (Å²) < 4.78 is 11.3. The maximum absolute atomic E-state index is 11.4. The molecule has 3 rings (SSSR count). The van der Waals surface area contributed by atoms with Crippen LogP contribution in [-0.4, -0.2) is 18.2 Å². The quantitative estimate of drug-likeness (QED) is 0.331. The maximum atomic E-state index is 11.4. The third kappa shape index (κ3) is 4.12. The number of benzene rings is 3. The molecule has 0 bridgehead atoms. The molecule has 3 heteroatoms. The highest BCUT2D eigenvalue weighted by atomic mass is 16.6. The zero-order valence-electron chi connectivity index (χ0n) is 15.5. The lowest BCUT2D eigenvalue weighted by molar-refractivity contribution is -0.157. The van der Waals surface area contributed by atoms with Gasteiger partial charge in [-0.15, -0.1) is 0 Å². The molecule has 1 unspecified atom stereocenters. The topological polar surface area (TPSA) is 35.5 Å². The molecule has 134 valence electrons. The first-order chi connectivity index (χ1) is 12.4. The second-order valence-electron chi connectivity index (χ2n) is 7.14. The summed E-state index contributed by atoms with van der Waals surface area (Å²) in [6.07, 6.45) is 1.06. The Morgan fingerprint density at radius 2 is 1.65 bits per heavy atom. The van der Waals surface area contributed by atoms with Crippen LogP contribution < -0.4 is 0 Å². The molecule has 0 aliphatic heterocycles. The molecule has 0 aliphatic carbocycles. The van der Waals surface area contributed by atoms with Gasteiger partial charge in [0.2, 0.25) is 0 Å². The summed E-state index contributed by atoms with van der Waals surface area (Å²) in [7, 11) is 0. The van der Waals surface area contributed by atoms with Crippen molar-refractivity contribution in [3.8, 4) is 0 Å². The molecule has 0 saturated heterocycles. The highest BCUT2D eigenvalue weighted by Gasteiger charge is 2.23. The van der Waals surface area contributed by atoms with Gasteiger partial charge in [0.25, 0.3) is 0 Å². The summed E-state index contributed by atoms with van der Waals surface area (Å²) in [5.74, 6) is -0.441. The second-order valence-corrected chi connectivity index (χ2v) is 7.14. The minimum Gasteiger partial charge on any atom is -0.454 e. The van der Waals surface area contributed by atoms with Crippen LogP contribution in [0, 0.1) is 0 Å². The largest absolute Gasteiger partial charge is 0.454 e. The van der Waals surface area contributed by atoms with Gasteiger partial charge in [-0.1, -0.05) is 43.0 Å². The molecule has 0 heterocycles.